The summed E-state index contributed by atoms with van der Waals surface area (Å²) in [6.07, 6.45) is 1.00. The first-order chi connectivity index (χ1) is 12.6. The molecule has 0 saturated carbocycles. The topological polar surface area (TPSA) is 39.1 Å². The number of aromatic nitrogens is 2. The zero-order valence-electron chi connectivity index (χ0n) is 15.1. The second-order valence-electron chi connectivity index (χ2n) is 6.70. The van der Waals surface area contributed by atoms with Crippen LogP contribution in [-0.2, 0) is 26.6 Å². The van der Waals surface area contributed by atoms with Crippen LogP contribution >= 0.6 is 11.6 Å². The molecule has 0 atom stereocenters. The fraction of sp³-hybridized carbons (Fsp3) is 0.286. The number of rotatable bonds is 5. The Kier molecular flexibility index (Phi) is 4.70. The van der Waals surface area contributed by atoms with Gasteiger partial charge in [0, 0.05) is 32.1 Å². The highest BCUT2D eigenvalue weighted by molar-refractivity contribution is 6.30. The van der Waals surface area contributed by atoms with Crippen molar-refractivity contribution in [3.05, 3.63) is 70.0 Å². The van der Waals surface area contributed by atoms with E-state index in [1.807, 2.05) is 14.0 Å². The maximum absolute atomic E-state index is 6.28. The molecule has 1 aromatic heterocycles. The molecule has 1 aliphatic rings. The maximum Gasteiger partial charge on any atom is 0.131 e. The minimum absolute atomic E-state index is 0.700. The van der Waals surface area contributed by atoms with Crippen molar-refractivity contribution in [1.29, 1.82) is 0 Å². The Hall–Kier alpha value is -2.30. The van der Waals surface area contributed by atoms with E-state index in [-0.39, 0.29) is 0 Å². The molecule has 5 heteroatoms. The van der Waals surface area contributed by atoms with Crippen molar-refractivity contribution >= 4 is 11.6 Å². The quantitative estimate of drug-likeness (QED) is 0.731. The average Bonchev–Trinajstić information content (AvgIpc) is 3.21. The summed E-state index contributed by atoms with van der Waals surface area (Å²) in [7, 11) is 1.86. The number of hydrogen-bond acceptors (Lipinski definition) is 3. The number of aryl methyl sites for hydroxylation is 2. The fourth-order valence-electron chi connectivity index (χ4n) is 3.39. The molecule has 0 unspecified atom stereocenters. The molecular formula is C21H22ClN3O. The van der Waals surface area contributed by atoms with Crippen LogP contribution in [0.3, 0.4) is 0 Å². The lowest BCUT2D eigenvalue weighted by atomic mass is 10.0. The lowest BCUT2D eigenvalue weighted by molar-refractivity contribution is 0.357. The minimum Gasteiger partial charge on any atom is -0.493 e. The molecule has 0 aliphatic carbocycles. The molecule has 2 heterocycles. The second-order valence-corrected chi connectivity index (χ2v) is 7.06. The van der Waals surface area contributed by atoms with Crippen molar-refractivity contribution in [3.63, 3.8) is 0 Å². The molecule has 0 radical (unpaired) electrons. The number of hydrogen-bond donors (Lipinski definition) is 1. The van der Waals surface area contributed by atoms with Gasteiger partial charge in [0.1, 0.15) is 10.9 Å². The molecule has 0 amide bonds. The van der Waals surface area contributed by atoms with Gasteiger partial charge < -0.3 is 10.1 Å². The highest BCUT2D eigenvalue weighted by atomic mass is 35.5. The van der Waals surface area contributed by atoms with E-state index in [1.54, 1.807) is 4.68 Å². The van der Waals surface area contributed by atoms with Crippen LogP contribution in [0.1, 0.15) is 22.4 Å². The third-order valence-corrected chi connectivity index (χ3v) is 5.35. The number of nitrogens with one attached hydrogen (secondary N) is 1. The first kappa shape index (κ1) is 17.1. The van der Waals surface area contributed by atoms with E-state index >= 15 is 0 Å². The van der Waals surface area contributed by atoms with Gasteiger partial charge in [-0.15, -0.1) is 0 Å². The molecule has 4 nitrogen and oxygen atoms in total. The van der Waals surface area contributed by atoms with Gasteiger partial charge >= 0.3 is 0 Å². The van der Waals surface area contributed by atoms with E-state index in [4.69, 9.17) is 16.3 Å². The standard InChI is InChI=1S/C21H22ClN3O/c1-14-19(21(22)25(2)24-14)13-23-12-15-3-5-16(6-4-15)17-7-8-20-18(11-17)9-10-26-20/h3-8,11,23H,9-10,12-13H2,1-2H3. The summed E-state index contributed by atoms with van der Waals surface area (Å²) in [6, 6.07) is 15.1. The van der Waals surface area contributed by atoms with Crippen LogP contribution in [0.4, 0.5) is 0 Å². The molecule has 4 rings (SSSR count). The predicted octanol–water partition coefficient (Wildman–Crippen LogP) is 4.27. The third kappa shape index (κ3) is 3.35. The van der Waals surface area contributed by atoms with E-state index in [2.05, 4.69) is 52.9 Å². The Balaban J connectivity index is 1.40. The monoisotopic (exact) mass is 367 g/mol. The van der Waals surface area contributed by atoms with Crippen molar-refractivity contribution in [1.82, 2.24) is 15.1 Å². The van der Waals surface area contributed by atoms with Gasteiger partial charge in [-0.05, 0) is 41.3 Å². The highest BCUT2D eigenvalue weighted by Crippen LogP contribution is 2.30. The average molecular weight is 368 g/mol. The molecule has 0 saturated heterocycles. The lowest BCUT2D eigenvalue weighted by Gasteiger charge is -2.08. The summed E-state index contributed by atoms with van der Waals surface area (Å²) < 4.78 is 7.30. The van der Waals surface area contributed by atoms with Crippen molar-refractivity contribution in [2.45, 2.75) is 26.4 Å². The Labute approximate surface area is 158 Å². The van der Waals surface area contributed by atoms with Crippen molar-refractivity contribution in [2.24, 2.45) is 7.05 Å². The van der Waals surface area contributed by atoms with Gasteiger partial charge in [0.05, 0.1) is 12.3 Å². The van der Waals surface area contributed by atoms with Crippen LogP contribution in [0, 0.1) is 6.92 Å². The predicted molar refractivity (Wildman–Crippen MR) is 105 cm³/mol. The summed E-state index contributed by atoms with van der Waals surface area (Å²) in [6.45, 7) is 4.29. The van der Waals surface area contributed by atoms with Crippen LogP contribution in [-0.4, -0.2) is 16.4 Å². The van der Waals surface area contributed by atoms with Gasteiger partial charge in [0.15, 0.2) is 0 Å². The molecule has 0 fully saturated rings. The highest BCUT2D eigenvalue weighted by Gasteiger charge is 2.13. The van der Waals surface area contributed by atoms with Crippen LogP contribution in [0.5, 0.6) is 5.75 Å². The maximum atomic E-state index is 6.28. The van der Waals surface area contributed by atoms with E-state index in [1.165, 1.54) is 22.3 Å². The smallest absolute Gasteiger partial charge is 0.131 e. The van der Waals surface area contributed by atoms with Gasteiger partial charge in [0.2, 0.25) is 0 Å². The Bertz CT molecular complexity index is 931. The number of benzene rings is 2. The normalized spacial score (nSPS) is 12.9. The largest absolute Gasteiger partial charge is 0.493 e. The summed E-state index contributed by atoms with van der Waals surface area (Å²) in [5.41, 5.74) is 7.06. The minimum atomic E-state index is 0.700. The number of nitrogens with zero attached hydrogens (tertiary/aromatic N) is 2. The van der Waals surface area contributed by atoms with Crippen molar-refractivity contribution < 1.29 is 4.74 Å². The molecule has 1 aliphatic heterocycles. The van der Waals surface area contributed by atoms with Crippen LogP contribution in [0.15, 0.2) is 42.5 Å². The molecule has 3 aromatic rings. The molecule has 134 valence electrons. The van der Waals surface area contributed by atoms with Gasteiger partial charge in [-0.2, -0.15) is 5.10 Å². The number of ether oxygens (including phenoxy) is 1. The van der Waals surface area contributed by atoms with Gasteiger partial charge in [0.25, 0.3) is 0 Å². The van der Waals surface area contributed by atoms with Crippen LogP contribution < -0.4 is 10.1 Å². The van der Waals surface area contributed by atoms with E-state index in [0.29, 0.717) is 11.7 Å². The van der Waals surface area contributed by atoms with E-state index < -0.39 is 0 Å². The summed E-state index contributed by atoms with van der Waals surface area (Å²) >= 11 is 6.28. The summed E-state index contributed by atoms with van der Waals surface area (Å²) in [4.78, 5) is 0. The summed E-state index contributed by atoms with van der Waals surface area (Å²) in [5.74, 6) is 1.03. The number of halogens is 1. The molecule has 26 heavy (non-hydrogen) atoms. The zero-order chi connectivity index (χ0) is 18.1. The van der Waals surface area contributed by atoms with E-state index in [9.17, 15) is 0 Å². The Morgan fingerprint density at radius 1 is 1.12 bits per heavy atom. The number of fused-ring (bicyclic) bond motifs is 1. The third-order valence-electron chi connectivity index (χ3n) is 4.88. The van der Waals surface area contributed by atoms with Crippen molar-refractivity contribution in [3.8, 4) is 16.9 Å². The Morgan fingerprint density at radius 2 is 1.88 bits per heavy atom. The molecule has 0 spiro atoms. The molecule has 1 N–H and O–H groups in total. The SMILES string of the molecule is Cc1nn(C)c(Cl)c1CNCc1ccc(-c2ccc3c(c2)CCO3)cc1. The van der Waals surface area contributed by atoms with Gasteiger partial charge in [-0.25, -0.2) is 0 Å². The zero-order valence-corrected chi connectivity index (χ0v) is 15.8. The van der Waals surface area contributed by atoms with Crippen LogP contribution in [0.2, 0.25) is 5.15 Å². The second kappa shape index (κ2) is 7.14. The van der Waals surface area contributed by atoms with Crippen LogP contribution in [0.25, 0.3) is 11.1 Å². The van der Waals surface area contributed by atoms with Gasteiger partial charge in [-0.1, -0.05) is 41.9 Å². The Morgan fingerprint density at radius 3 is 2.62 bits per heavy atom. The van der Waals surface area contributed by atoms with Crippen molar-refractivity contribution in [2.75, 3.05) is 6.61 Å². The summed E-state index contributed by atoms with van der Waals surface area (Å²) in [5, 5.41) is 8.49. The van der Waals surface area contributed by atoms with E-state index in [0.717, 1.165) is 36.6 Å². The first-order valence-electron chi connectivity index (χ1n) is 8.85. The molecular weight excluding hydrogens is 346 g/mol. The molecule has 0 bridgehead atoms. The molecule has 2 aromatic carbocycles. The fourth-order valence-corrected chi connectivity index (χ4v) is 3.63. The first-order valence-corrected chi connectivity index (χ1v) is 9.23. The van der Waals surface area contributed by atoms with Gasteiger partial charge in [-0.3, -0.25) is 4.68 Å². The lowest BCUT2D eigenvalue weighted by Crippen LogP contribution is -2.13.